The lowest BCUT2D eigenvalue weighted by molar-refractivity contribution is -0.111. The molecule has 2 aliphatic rings. The molecule has 1 aromatic carbocycles. The molecule has 0 spiro atoms. The standard InChI is InChI=1S/C24H28BrFN6O4/c1-24(2,35)20(26)13-32-12-14-7-18(19(8-16(14)23(32)34)31-3-5-36-6-4-31)30-22(33)17(9-27)21-28-10-15(25)11-29-21/h7-11,20,35H,3-6,12-13,27H2,1-2H3,(H,30,33)/t20-/m1/s1. The highest BCUT2D eigenvalue weighted by Crippen LogP contribution is 2.36. The second kappa shape index (κ2) is 10.5. The number of amides is 2. The third-order valence-corrected chi connectivity index (χ3v) is 6.53. The van der Waals surface area contributed by atoms with Crippen LogP contribution in [-0.2, 0) is 16.1 Å². The number of hydrogen-bond acceptors (Lipinski definition) is 8. The van der Waals surface area contributed by atoms with E-state index in [1.54, 1.807) is 12.1 Å². The Kier molecular flexibility index (Phi) is 7.57. The Hall–Kier alpha value is -3.09. The topological polar surface area (TPSA) is 134 Å². The summed E-state index contributed by atoms with van der Waals surface area (Å²) in [5.74, 6) is -0.675. The Morgan fingerprint density at radius 2 is 2.00 bits per heavy atom. The van der Waals surface area contributed by atoms with Crippen LogP contribution in [0.5, 0.6) is 0 Å². The Bertz CT molecular complexity index is 1180. The van der Waals surface area contributed by atoms with Crippen LogP contribution in [0.1, 0.15) is 35.6 Å². The molecule has 4 rings (SSSR count). The van der Waals surface area contributed by atoms with Crippen molar-refractivity contribution in [1.29, 1.82) is 0 Å². The first-order chi connectivity index (χ1) is 17.1. The van der Waals surface area contributed by atoms with E-state index in [1.807, 2.05) is 4.90 Å². The molecule has 1 fully saturated rings. The summed E-state index contributed by atoms with van der Waals surface area (Å²) < 4.78 is 20.7. The van der Waals surface area contributed by atoms with Crippen molar-refractivity contribution in [3.63, 3.8) is 0 Å². The molecular weight excluding hydrogens is 535 g/mol. The Morgan fingerprint density at radius 1 is 1.33 bits per heavy atom. The average Bonchev–Trinajstić information content (AvgIpc) is 3.14. The molecule has 0 bridgehead atoms. The molecule has 192 valence electrons. The molecule has 1 atom stereocenters. The van der Waals surface area contributed by atoms with Gasteiger partial charge in [0.2, 0.25) is 0 Å². The maximum Gasteiger partial charge on any atom is 0.261 e. The highest BCUT2D eigenvalue weighted by molar-refractivity contribution is 9.10. The molecule has 0 unspecified atom stereocenters. The summed E-state index contributed by atoms with van der Waals surface area (Å²) in [6.07, 6.45) is 2.56. The van der Waals surface area contributed by atoms with Crippen molar-refractivity contribution in [3.8, 4) is 0 Å². The van der Waals surface area contributed by atoms with Crippen molar-refractivity contribution in [1.82, 2.24) is 14.9 Å². The quantitative estimate of drug-likeness (QED) is 0.437. The lowest BCUT2D eigenvalue weighted by atomic mass is 10.0. The van der Waals surface area contributed by atoms with Crippen LogP contribution in [-0.4, -0.2) is 76.4 Å². The van der Waals surface area contributed by atoms with Crippen LogP contribution in [0.25, 0.3) is 5.57 Å². The van der Waals surface area contributed by atoms with Gasteiger partial charge in [-0.05, 0) is 47.5 Å². The van der Waals surface area contributed by atoms with E-state index in [1.165, 1.54) is 31.1 Å². The molecule has 0 saturated carbocycles. The SMILES string of the molecule is CC(C)(O)[C@H](F)CN1Cc2cc(NC(=O)C(=CN)c3ncc(Br)cn3)c(N3CCOCC3)cc2C1=O. The molecule has 12 heteroatoms. The Labute approximate surface area is 216 Å². The predicted molar refractivity (Wildman–Crippen MR) is 136 cm³/mol. The van der Waals surface area contributed by atoms with Gasteiger partial charge in [-0.25, -0.2) is 14.4 Å². The van der Waals surface area contributed by atoms with Gasteiger partial charge in [0.05, 0.1) is 46.8 Å². The number of carbonyl (C=O) groups is 2. The van der Waals surface area contributed by atoms with Gasteiger partial charge in [0.1, 0.15) is 6.17 Å². The molecule has 1 saturated heterocycles. The third kappa shape index (κ3) is 5.50. The number of ether oxygens (including phenoxy) is 1. The molecule has 10 nitrogen and oxygen atoms in total. The summed E-state index contributed by atoms with van der Waals surface area (Å²) in [5.41, 5.74) is 6.45. The largest absolute Gasteiger partial charge is 0.404 e. The number of halogens is 2. The van der Waals surface area contributed by atoms with Crippen molar-refractivity contribution in [2.45, 2.75) is 32.2 Å². The van der Waals surface area contributed by atoms with E-state index in [2.05, 4.69) is 31.2 Å². The summed E-state index contributed by atoms with van der Waals surface area (Å²) in [4.78, 5) is 38.0. The zero-order valence-electron chi connectivity index (χ0n) is 20.0. The minimum Gasteiger partial charge on any atom is -0.404 e. The summed E-state index contributed by atoms with van der Waals surface area (Å²) in [7, 11) is 0. The van der Waals surface area contributed by atoms with Crippen LogP contribution in [0.3, 0.4) is 0 Å². The first kappa shape index (κ1) is 26.0. The molecular formula is C24H28BrFN6O4. The molecule has 2 aromatic rings. The van der Waals surface area contributed by atoms with Crippen molar-refractivity contribution in [2.24, 2.45) is 5.73 Å². The van der Waals surface area contributed by atoms with Crippen LogP contribution in [0.2, 0.25) is 0 Å². The van der Waals surface area contributed by atoms with Gasteiger partial charge in [0.15, 0.2) is 5.82 Å². The monoisotopic (exact) mass is 562 g/mol. The highest BCUT2D eigenvalue weighted by atomic mass is 79.9. The lowest BCUT2D eigenvalue weighted by Crippen LogP contribution is -2.42. The Balaban J connectivity index is 1.65. The number of fused-ring (bicyclic) bond motifs is 1. The third-order valence-electron chi connectivity index (χ3n) is 6.12. The number of anilines is 2. The molecule has 2 aliphatic heterocycles. The summed E-state index contributed by atoms with van der Waals surface area (Å²) in [6.45, 7) is 4.79. The first-order valence-electron chi connectivity index (χ1n) is 11.4. The van der Waals surface area contributed by atoms with Crippen molar-refractivity contribution in [2.75, 3.05) is 43.1 Å². The van der Waals surface area contributed by atoms with Crippen LogP contribution in [0.15, 0.2) is 35.2 Å². The van der Waals surface area contributed by atoms with E-state index in [-0.39, 0.29) is 30.4 Å². The number of benzene rings is 1. The fraction of sp³-hybridized carbons (Fsp3) is 0.417. The number of carbonyl (C=O) groups excluding carboxylic acids is 2. The second-order valence-electron chi connectivity index (χ2n) is 9.19. The number of aromatic nitrogens is 2. The zero-order chi connectivity index (χ0) is 26.0. The van der Waals surface area contributed by atoms with E-state index in [0.717, 1.165) is 6.20 Å². The average molecular weight is 563 g/mol. The number of rotatable bonds is 7. The number of alkyl halides is 1. The molecule has 1 aromatic heterocycles. The minimum atomic E-state index is -1.61. The predicted octanol–water partition coefficient (Wildman–Crippen LogP) is 2.08. The van der Waals surface area contributed by atoms with Gasteiger partial charge < -0.3 is 30.7 Å². The minimum absolute atomic E-state index is 0.0825. The zero-order valence-corrected chi connectivity index (χ0v) is 21.6. The maximum atomic E-state index is 14.5. The first-order valence-corrected chi connectivity index (χ1v) is 12.2. The molecule has 36 heavy (non-hydrogen) atoms. The summed E-state index contributed by atoms with van der Waals surface area (Å²) in [6, 6.07) is 3.45. The van der Waals surface area contributed by atoms with E-state index in [9.17, 15) is 19.1 Å². The van der Waals surface area contributed by atoms with Gasteiger partial charge in [0.25, 0.3) is 11.8 Å². The van der Waals surface area contributed by atoms with Crippen LogP contribution in [0, 0.1) is 0 Å². The van der Waals surface area contributed by atoms with Gasteiger partial charge in [-0.3, -0.25) is 9.59 Å². The van der Waals surface area contributed by atoms with Gasteiger partial charge in [-0.2, -0.15) is 0 Å². The van der Waals surface area contributed by atoms with Gasteiger partial charge in [0, 0.05) is 43.8 Å². The fourth-order valence-corrected chi connectivity index (χ4v) is 4.24. The van der Waals surface area contributed by atoms with E-state index < -0.39 is 17.7 Å². The normalized spacial score (nSPS) is 17.2. The molecule has 4 N–H and O–H groups in total. The van der Waals surface area contributed by atoms with E-state index in [0.29, 0.717) is 53.3 Å². The number of nitrogens with one attached hydrogen (secondary N) is 1. The number of aliphatic hydroxyl groups is 1. The summed E-state index contributed by atoms with van der Waals surface area (Å²) in [5, 5.41) is 12.9. The molecule has 0 radical (unpaired) electrons. The number of morpholine rings is 1. The fourth-order valence-electron chi connectivity index (χ4n) is 4.03. The molecule has 2 amide bonds. The second-order valence-corrected chi connectivity index (χ2v) is 10.1. The molecule has 3 heterocycles. The van der Waals surface area contributed by atoms with E-state index in [4.69, 9.17) is 10.5 Å². The number of nitrogens with two attached hydrogens (primary N) is 1. The van der Waals surface area contributed by atoms with Crippen molar-refractivity contribution < 1.29 is 23.8 Å². The van der Waals surface area contributed by atoms with Gasteiger partial charge >= 0.3 is 0 Å². The lowest BCUT2D eigenvalue weighted by Gasteiger charge is -2.31. The van der Waals surface area contributed by atoms with Crippen LogP contribution < -0.4 is 16.0 Å². The Morgan fingerprint density at radius 3 is 2.61 bits per heavy atom. The number of hydrogen-bond donors (Lipinski definition) is 3. The van der Waals surface area contributed by atoms with Crippen molar-refractivity contribution in [3.05, 3.63) is 52.2 Å². The molecule has 0 aliphatic carbocycles. The van der Waals surface area contributed by atoms with Crippen LogP contribution >= 0.6 is 15.9 Å². The summed E-state index contributed by atoms with van der Waals surface area (Å²) >= 11 is 3.26. The van der Waals surface area contributed by atoms with Gasteiger partial charge in [-0.15, -0.1) is 0 Å². The highest BCUT2D eigenvalue weighted by Gasteiger charge is 2.35. The maximum absolute atomic E-state index is 14.5. The van der Waals surface area contributed by atoms with Crippen molar-refractivity contribution >= 4 is 44.7 Å². The van der Waals surface area contributed by atoms with Gasteiger partial charge in [-0.1, -0.05) is 0 Å². The van der Waals surface area contributed by atoms with Crippen LogP contribution in [0.4, 0.5) is 15.8 Å². The number of nitrogens with zero attached hydrogens (tertiary/aromatic N) is 4. The smallest absolute Gasteiger partial charge is 0.261 e. The van der Waals surface area contributed by atoms with E-state index >= 15 is 0 Å².